The van der Waals surface area contributed by atoms with E-state index in [1.807, 2.05) is 61.5 Å². The molecule has 0 bridgehead atoms. The van der Waals surface area contributed by atoms with Gasteiger partial charge in [0.25, 0.3) is 0 Å². The maximum Gasteiger partial charge on any atom is 0.338 e. The fourth-order valence-electron chi connectivity index (χ4n) is 3.23. The molecule has 0 fully saturated rings. The van der Waals surface area contributed by atoms with Crippen molar-refractivity contribution in [2.24, 2.45) is 5.92 Å². The molecule has 0 radical (unpaired) electrons. The minimum atomic E-state index is -0.266. The van der Waals surface area contributed by atoms with E-state index >= 15 is 0 Å². The molecule has 4 heteroatoms. The van der Waals surface area contributed by atoms with Crippen LogP contribution in [-0.2, 0) is 24.2 Å². The average molecular weight is 389 g/mol. The van der Waals surface area contributed by atoms with Gasteiger partial charge in [0, 0.05) is 6.20 Å². The van der Waals surface area contributed by atoms with E-state index in [2.05, 4.69) is 24.0 Å². The van der Waals surface area contributed by atoms with Crippen LogP contribution in [0.5, 0.6) is 5.75 Å². The summed E-state index contributed by atoms with van der Waals surface area (Å²) in [5.41, 5.74) is 4.02. The Labute approximate surface area is 172 Å². The normalized spacial score (nSPS) is 11.7. The topological polar surface area (TPSA) is 48.4 Å². The molecular weight excluding hydrogens is 362 g/mol. The number of rotatable bonds is 9. The molecule has 0 aliphatic carbocycles. The second-order valence-electron chi connectivity index (χ2n) is 7.18. The standard InChI is InChI=1S/C25H27NO3/c1-3-28-25(27)22-11-7-20(8-12-22)16-19(2)17-21-9-13-24(14-10-21)29-18-23-6-4-5-15-26-23/h4-15,19H,3,16-18H2,1-2H3. The molecule has 0 amide bonds. The zero-order chi connectivity index (χ0) is 20.5. The molecule has 3 aromatic rings. The van der Waals surface area contributed by atoms with Crippen molar-refractivity contribution in [2.45, 2.75) is 33.3 Å². The molecule has 1 atom stereocenters. The van der Waals surface area contributed by atoms with Crippen molar-refractivity contribution in [3.63, 3.8) is 0 Å². The van der Waals surface area contributed by atoms with E-state index in [0.717, 1.165) is 24.3 Å². The van der Waals surface area contributed by atoms with Crippen LogP contribution in [0.25, 0.3) is 0 Å². The molecule has 3 rings (SSSR count). The zero-order valence-corrected chi connectivity index (χ0v) is 17.0. The number of carbonyl (C=O) groups excluding carboxylic acids is 1. The summed E-state index contributed by atoms with van der Waals surface area (Å²) in [6.07, 6.45) is 3.72. The van der Waals surface area contributed by atoms with Gasteiger partial charge in [0.2, 0.25) is 0 Å². The molecule has 0 aliphatic heterocycles. The van der Waals surface area contributed by atoms with E-state index in [9.17, 15) is 4.79 Å². The lowest BCUT2D eigenvalue weighted by molar-refractivity contribution is 0.0526. The lowest BCUT2D eigenvalue weighted by Gasteiger charge is -2.13. The predicted molar refractivity (Wildman–Crippen MR) is 114 cm³/mol. The highest BCUT2D eigenvalue weighted by Crippen LogP contribution is 2.19. The first-order valence-corrected chi connectivity index (χ1v) is 10.0. The zero-order valence-electron chi connectivity index (χ0n) is 17.0. The Morgan fingerprint density at radius 3 is 2.17 bits per heavy atom. The molecule has 1 aromatic heterocycles. The number of hydrogen-bond donors (Lipinski definition) is 0. The Morgan fingerprint density at radius 1 is 0.931 bits per heavy atom. The van der Waals surface area contributed by atoms with Gasteiger partial charge in [-0.05, 0) is 73.2 Å². The minimum Gasteiger partial charge on any atom is -0.487 e. The number of ether oxygens (including phenoxy) is 2. The van der Waals surface area contributed by atoms with Crippen LogP contribution in [0.2, 0.25) is 0 Å². The number of esters is 1. The Balaban J connectivity index is 1.48. The van der Waals surface area contributed by atoms with Crippen molar-refractivity contribution in [3.05, 3.63) is 95.3 Å². The summed E-state index contributed by atoms with van der Waals surface area (Å²) in [6.45, 7) is 4.92. The first-order chi connectivity index (χ1) is 14.1. The number of pyridine rings is 1. The third-order valence-corrected chi connectivity index (χ3v) is 4.67. The summed E-state index contributed by atoms with van der Waals surface area (Å²) < 4.78 is 10.8. The van der Waals surface area contributed by atoms with Crippen LogP contribution in [0.15, 0.2) is 72.9 Å². The second-order valence-corrected chi connectivity index (χ2v) is 7.18. The molecule has 0 saturated heterocycles. The van der Waals surface area contributed by atoms with Crippen molar-refractivity contribution < 1.29 is 14.3 Å². The molecule has 150 valence electrons. The van der Waals surface area contributed by atoms with E-state index in [1.165, 1.54) is 11.1 Å². The van der Waals surface area contributed by atoms with E-state index in [0.29, 0.717) is 24.7 Å². The smallest absolute Gasteiger partial charge is 0.338 e. The van der Waals surface area contributed by atoms with Crippen molar-refractivity contribution in [1.29, 1.82) is 0 Å². The molecule has 0 N–H and O–H groups in total. The summed E-state index contributed by atoms with van der Waals surface area (Å²) in [5, 5.41) is 0. The van der Waals surface area contributed by atoms with Crippen molar-refractivity contribution in [1.82, 2.24) is 4.98 Å². The number of benzene rings is 2. The minimum absolute atomic E-state index is 0.266. The fraction of sp³-hybridized carbons (Fsp3) is 0.280. The largest absolute Gasteiger partial charge is 0.487 e. The Kier molecular flexibility index (Phi) is 7.40. The Morgan fingerprint density at radius 2 is 1.59 bits per heavy atom. The van der Waals surface area contributed by atoms with Gasteiger partial charge in [-0.15, -0.1) is 0 Å². The molecule has 0 aliphatic rings. The van der Waals surface area contributed by atoms with Crippen LogP contribution in [-0.4, -0.2) is 17.6 Å². The first kappa shape index (κ1) is 20.6. The highest BCUT2D eigenvalue weighted by molar-refractivity contribution is 5.89. The number of aromatic nitrogens is 1. The van der Waals surface area contributed by atoms with Gasteiger partial charge in [-0.2, -0.15) is 0 Å². The summed E-state index contributed by atoms with van der Waals surface area (Å²) >= 11 is 0. The lowest BCUT2D eigenvalue weighted by atomic mass is 9.94. The monoisotopic (exact) mass is 389 g/mol. The van der Waals surface area contributed by atoms with Crippen LogP contribution in [0.4, 0.5) is 0 Å². The molecule has 1 unspecified atom stereocenters. The van der Waals surface area contributed by atoms with Gasteiger partial charge in [-0.3, -0.25) is 4.98 Å². The van der Waals surface area contributed by atoms with Crippen molar-refractivity contribution in [3.8, 4) is 5.75 Å². The van der Waals surface area contributed by atoms with Gasteiger partial charge < -0.3 is 9.47 Å². The molecule has 4 nitrogen and oxygen atoms in total. The summed E-state index contributed by atoms with van der Waals surface area (Å²) in [6, 6.07) is 21.8. The van der Waals surface area contributed by atoms with E-state index in [-0.39, 0.29) is 5.97 Å². The molecule has 0 spiro atoms. The van der Waals surface area contributed by atoms with Crippen LogP contribution in [0.3, 0.4) is 0 Å². The first-order valence-electron chi connectivity index (χ1n) is 10.0. The van der Waals surface area contributed by atoms with E-state index in [1.54, 1.807) is 6.20 Å². The highest BCUT2D eigenvalue weighted by Gasteiger charge is 2.09. The third kappa shape index (κ3) is 6.46. The number of nitrogens with zero attached hydrogens (tertiary/aromatic N) is 1. The highest BCUT2D eigenvalue weighted by atomic mass is 16.5. The molecular formula is C25H27NO3. The molecule has 0 saturated carbocycles. The lowest BCUT2D eigenvalue weighted by Crippen LogP contribution is -2.06. The molecule has 29 heavy (non-hydrogen) atoms. The van der Waals surface area contributed by atoms with Crippen LogP contribution >= 0.6 is 0 Å². The Bertz CT molecular complexity index is 890. The summed E-state index contributed by atoms with van der Waals surface area (Å²) in [4.78, 5) is 16.0. The van der Waals surface area contributed by atoms with Gasteiger partial charge in [0.1, 0.15) is 12.4 Å². The van der Waals surface area contributed by atoms with Crippen LogP contribution < -0.4 is 4.74 Å². The molecule has 1 heterocycles. The van der Waals surface area contributed by atoms with Crippen molar-refractivity contribution in [2.75, 3.05) is 6.61 Å². The maximum atomic E-state index is 11.7. The SMILES string of the molecule is CCOC(=O)c1ccc(CC(C)Cc2ccc(OCc3ccccn3)cc2)cc1. The predicted octanol–water partition coefficient (Wildman–Crippen LogP) is 5.26. The van der Waals surface area contributed by atoms with Gasteiger partial charge in [0.05, 0.1) is 17.9 Å². The van der Waals surface area contributed by atoms with E-state index in [4.69, 9.17) is 9.47 Å². The third-order valence-electron chi connectivity index (χ3n) is 4.67. The van der Waals surface area contributed by atoms with E-state index < -0.39 is 0 Å². The van der Waals surface area contributed by atoms with Crippen molar-refractivity contribution >= 4 is 5.97 Å². The second kappa shape index (κ2) is 10.4. The summed E-state index contributed by atoms with van der Waals surface area (Å²) in [5.74, 6) is 1.07. The Hall–Kier alpha value is -3.14. The van der Waals surface area contributed by atoms with Gasteiger partial charge in [-0.1, -0.05) is 37.3 Å². The number of carbonyl (C=O) groups is 1. The maximum absolute atomic E-state index is 11.7. The van der Waals surface area contributed by atoms with Crippen LogP contribution in [0, 0.1) is 5.92 Å². The summed E-state index contributed by atoms with van der Waals surface area (Å²) in [7, 11) is 0. The van der Waals surface area contributed by atoms with Gasteiger partial charge >= 0.3 is 5.97 Å². The van der Waals surface area contributed by atoms with Gasteiger partial charge in [-0.25, -0.2) is 4.79 Å². The van der Waals surface area contributed by atoms with Gasteiger partial charge in [0.15, 0.2) is 0 Å². The molecule has 2 aromatic carbocycles. The quantitative estimate of drug-likeness (QED) is 0.469. The fourth-order valence-corrected chi connectivity index (χ4v) is 3.23. The van der Waals surface area contributed by atoms with Crippen LogP contribution in [0.1, 0.15) is 41.0 Å². The average Bonchev–Trinajstić information content (AvgIpc) is 2.74. The number of hydrogen-bond acceptors (Lipinski definition) is 4.